The minimum atomic E-state index is -0.366. The number of ether oxygens (including phenoxy) is 1. The lowest BCUT2D eigenvalue weighted by Gasteiger charge is -2.32. The van der Waals surface area contributed by atoms with Crippen molar-refractivity contribution < 1.29 is 18.7 Å². The molecule has 1 aliphatic heterocycles. The monoisotopic (exact) mass is 404 g/mol. The van der Waals surface area contributed by atoms with Crippen LogP contribution in [-0.4, -0.2) is 43.0 Å². The number of piperidine rings is 1. The predicted octanol–water partition coefficient (Wildman–Crippen LogP) is 3.53. The number of hydrogen-bond acceptors (Lipinski definition) is 3. The summed E-state index contributed by atoms with van der Waals surface area (Å²) in [6, 6.07) is 12.6. The van der Waals surface area contributed by atoms with Gasteiger partial charge in [0.05, 0.1) is 12.5 Å². The number of halogens is 2. The first-order chi connectivity index (χ1) is 13.5. The standard InChI is InChI=1S/C21H22ClFN2O3/c22-17-8-6-15(7-9-17)21(27)25-11-2-3-16(14-25)20(26)24-10-12-28-19-5-1-4-18(23)13-19/h1,4-9,13,16H,2-3,10-12,14H2,(H,24,26). The Labute approximate surface area is 168 Å². The van der Waals surface area contributed by atoms with Gasteiger partial charge in [0.2, 0.25) is 5.91 Å². The topological polar surface area (TPSA) is 58.6 Å². The molecule has 1 atom stereocenters. The second-order valence-electron chi connectivity index (χ2n) is 6.69. The summed E-state index contributed by atoms with van der Waals surface area (Å²) in [6.07, 6.45) is 1.51. The molecule has 2 aromatic carbocycles. The van der Waals surface area contributed by atoms with E-state index in [2.05, 4.69) is 5.32 Å². The van der Waals surface area contributed by atoms with Crippen LogP contribution in [0.2, 0.25) is 5.02 Å². The van der Waals surface area contributed by atoms with Gasteiger partial charge in [0.15, 0.2) is 0 Å². The van der Waals surface area contributed by atoms with E-state index in [4.69, 9.17) is 16.3 Å². The molecule has 1 saturated heterocycles. The molecule has 1 unspecified atom stereocenters. The summed E-state index contributed by atoms with van der Waals surface area (Å²) < 4.78 is 18.5. The number of nitrogens with zero attached hydrogens (tertiary/aromatic N) is 1. The van der Waals surface area contributed by atoms with Crippen LogP contribution < -0.4 is 10.1 Å². The molecule has 1 fully saturated rings. The molecule has 0 bridgehead atoms. The fourth-order valence-electron chi connectivity index (χ4n) is 3.19. The Hall–Kier alpha value is -2.60. The lowest BCUT2D eigenvalue weighted by atomic mass is 9.96. The Balaban J connectivity index is 1.46. The van der Waals surface area contributed by atoms with Crippen molar-refractivity contribution in [3.8, 4) is 5.75 Å². The van der Waals surface area contributed by atoms with Gasteiger partial charge in [-0.2, -0.15) is 0 Å². The normalized spacial score (nSPS) is 16.5. The third-order valence-corrected chi connectivity index (χ3v) is 4.89. The number of carbonyl (C=O) groups excluding carboxylic acids is 2. The van der Waals surface area contributed by atoms with Crippen molar-refractivity contribution in [2.24, 2.45) is 5.92 Å². The van der Waals surface area contributed by atoms with Crippen LogP contribution in [0.5, 0.6) is 5.75 Å². The second-order valence-corrected chi connectivity index (χ2v) is 7.13. The van der Waals surface area contributed by atoms with Gasteiger partial charge in [0.25, 0.3) is 5.91 Å². The third-order valence-electron chi connectivity index (χ3n) is 4.64. The summed E-state index contributed by atoms with van der Waals surface area (Å²) in [4.78, 5) is 26.8. The fraction of sp³-hybridized carbons (Fsp3) is 0.333. The molecule has 1 aliphatic rings. The summed E-state index contributed by atoms with van der Waals surface area (Å²) >= 11 is 5.87. The molecule has 2 amide bonds. The molecule has 0 aromatic heterocycles. The highest BCUT2D eigenvalue weighted by Gasteiger charge is 2.28. The number of carbonyl (C=O) groups is 2. The predicted molar refractivity (Wildman–Crippen MR) is 105 cm³/mol. The Morgan fingerprint density at radius 3 is 2.75 bits per heavy atom. The lowest BCUT2D eigenvalue weighted by Crippen LogP contribution is -2.46. The fourth-order valence-corrected chi connectivity index (χ4v) is 3.32. The molecule has 5 nitrogen and oxygen atoms in total. The molecule has 0 radical (unpaired) electrons. The van der Waals surface area contributed by atoms with Gasteiger partial charge in [-0.1, -0.05) is 17.7 Å². The van der Waals surface area contributed by atoms with E-state index >= 15 is 0 Å². The van der Waals surface area contributed by atoms with Crippen molar-refractivity contribution in [1.29, 1.82) is 0 Å². The van der Waals surface area contributed by atoms with E-state index in [0.717, 1.165) is 12.8 Å². The average Bonchev–Trinajstić information content (AvgIpc) is 2.71. The minimum absolute atomic E-state index is 0.0939. The van der Waals surface area contributed by atoms with Gasteiger partial charge in [0, 0.05) is 29.7 Å². The number of amides is 2. The van der Waals surface area contributed by atoms with Crippen molar-refractivity contribution in [2.75, 3.05) is 26.2 Å². The zero-order valence-electron chi connectivity index (χ0n) is 15.4. The van der Waals surface area contributed by atoms with E-state index in [1.807, 2.05) is 0 Å². The van der Waals surface area contributed by atoms with Crippen molar-refractivity contribution in [3.05, 3.63) is 64.9 Å². The van der Waals surface area contributed by atoms with Gasteiger partial charge in [0.1, 0.15) is 18.2 Å². The Morgan fingerprint density at radius 1 is 1.21 bits per heavy atom. The van der Waals surface area contributed by atoms with Crippen LogP contribution in [0.25, 0.3) is 0 Å². The molecular weight excluding hydrogens is 383 g/mol. The average molecular weight is 405 g/mol. The number of nitrogens with one attached hydrogen (secondary N) is 1. The molecule has 7 heteroatoms. The quantitative estimate of drug-likeness (QED) is 0.749. The second kappa shape index (κ2) is 9.55. The van der Waals surface area contributed by atoms with Gasteiger partial charge < -0.3 is 15.0 Å². The number of benzene rings is 2. The maximum atomic E-state index is 13.1. The van der Waals surface area contributed by atoms with Crippen LogP contribution in [0, 0.1) is 11.7 Å². The number of likely N-dealkylation sites (tertiary alicyclic amines) is 1. The summed E-state index contributed by atoms with van der Waals surface area (Å²) in [5, 5.41) is 3.41. The van der Waals surface area contributed by atoms with Crippen molar-refractivity contribution in [2.45, 2.75) is 12.8 Å². The summed E-state index contributed by atoms with van der Waals surface area (Å²) in [6.45, 7) is 1.58. The van der Waals surface area contributed by atoms with Gasteiger partial charge >= 0.3 is 0 Å². The van der Waals surface area contributed by atoms with Gasteiger partial charge in [-0.25, -0.2) is 4.39 Å². The Bertz CT molecular complexity index is 829. The first kappa shape index (κ1) is 20.1. The van der Waals surface area contributed by atoms with Crippen LogP contribution in [0.3, 0.4) is 0 Å². The SMILES string of the molecule is O=C(NCCOc1cccc(F)c1)C1CCCN(C(=O)c2ccc(Cl)cc2)C1. The summed E-state index contributed by atoms with van der Waals surface area (Å²) in [5.74, 6) is -0.389. The van der Waals surface area contributed by atoms with E-state index in [1.165, 1.54) is 12.1 Å². The highest BCUT2D eigenvalue weighted by molar-refractivity contribution is 6.30. The van der Waals surface area contributed by atoms with Crippen LogP contribution in [0.1, 0.15) is 23.2 Å². The molecule has 3 rings (SSSR count). The largest absolute Gasteiger partial charge is 0.492 e. The number of rotatable bonds is 6. The van der Waals surface area contributed by atoms with Crippen LogP contribution in [-0.2, 0) is 4.79 Å². The Kier molecular flexibility index (Phi) is 6.87. The first-order valence-electron chi connectivity index (χ1n) is 9.24. The van der Waals surface area contributed by atoms with Crippen LogP contribution in [0.15, 0.2) is 48.5 Å². The molecular formula is C21H22ClFN2O3. The van der Waals surface area contributed by atoms with Crippen molar-refractivity contribution in [1.82, 2.24) is 10.2 Å². The maximum Gasteiger partial charge on any atom is 0.253 e. The lowest BCUT2D eigenvalue weighted by molar-refractivity contribution is -0.126. The summed E-state index contributed by atoms with van der Waals surface area (Å²) in [5.41, 5.74) is 0.564. The minimum Gasteiger partial charge on any atom is -0.492 e. The molecule has 148 valence electrons. The molecule has 0 spiro atoms. The highest BCUT2D eigenvalue weighted by atomic mass is 35.5. The molecule has 2 aromatic rings. The van der Waals surface area contributed by atoms with E-state index in [9.17, 15) is 14.0 Å². The maximum absolute atomic E-state index is 13.1. The number of hydrogen-bond donors (Lipinski definition) is 1. The smallest absolute Gasteiger partial charge is 0.253 e. The molecule has 1 heterocycles. The third kappa shape index (κ3) is 5.45. The zero-order chi connectivity index (χ0) is 19.9. The Morgan fingerprint density at radius 2 is 2.00 bits per heavy atom. The van der Waals surface area contributed by atoms with Crippen molar-refractivity contribution >= 4 is 23.4 Å². The molecule has 1 N–H and O–H groups in total. The van der Waals surface area contributed by atoms with Gasteiger partial charge in [-0.3, -0.25) is 9.59 Å². The van der Waals surface area contributed by atoms with Crippen LogP contribution >= 0.6 is 11.6 Å². The van der Waals surface area contributed by atoms with E-state index < -0.39 is 0 Å². The van der Waals surface area contributed by atoms with Crippen molar-refractivity contribution in [3.63, 3.8) is 0 Å². The highest BCUT2D eigenvalue weighted by Crippen LogP contribution is 2.20. The van der Waals surface area contributed by atoms with E-state index in [1.54, 1.807) is 41.3 Å². The molecule has 28 heavy (non-hydrogen) atoms. The molecule has 0 aliphatic carbocycles. The van der Waals surface area contributed by atoms with E-state index in [0.29, 0.717) is 36.0 Å². The van der Waals surface area contributed by atoms with Gasteiger partial charge in [-0.15, -0.1) is 0 Å². The van der Waals surface area contributed by atoms with Crippen LogP contribution in [0.4, 0.5) is 4.39 Å². The van der Waals surface area contributed by atoms with Gasteiger partial charge in [-0.05, 0) is 49.2 Å². The van der Waals surface area contributed by atoms with E-state index in [-0.39, 0.29) is 30.2 Å². The zero-order valence-corrected chi connectivity index (χ0v) is 16.1. The summed E-state index contributed by atoms with van der Waals surface area (Å²) in [7, 11) is 0. The first-order valence-corrected chi connectivity index (χ1v) is 9.61. The molecule has 0 saturated carbocycles.